The van der Waals surface area contributed by atoms with E-state index < -0.39 is 5.69 Å². The highest BCUT2D eigenvalue weighted by Gasteiger charge is 2.21. The van der Waals surface area contributed by atoms with Crippen LogP contribution in [0.3, 0.4) is 0 Å². The van der Waals surface area contributed by atoms with Gasteiger partial charge in [-0.05, 0) is 16.7 Å². The normalized spacial score (nSPS) is 14.2. The van der Waals surface area contributed by atoms with E-state index in [-0.39, 0.29) is 5.56 Å². The monoisotopic (exact) mass is 377 g/mol. The smallest absolute Gasteiger partial charge is 0.329 e. The van der Waals surface area contributed by atoms with Crippen LogP contribution in [0.2, 0.25) is 0 Å². The summed E-state index contributed by atoms with van der Waals surface area (Å²) in [6, 6.07) is 18.2. The molecule has 0 unspecified atom stereocenters. The second-order valence-corrected chi connectivity index (χ2v) is 6.92. The summed E-state index contributed by atoms with van der Waals surface area (Å²) in [5.41, 5.74) is 3.19. The molecule has 2 aromatic carbocycles. The summed E-state index contributed by atoms with van der Waals surface area (Å²) in [4.78, 5) is 30.2. The zero-order valence-corrected chi connectivity index (χ0v) is 15.9. The van der Waals surface area contributed by atoms with Crippen LogP contribution in [-0.2, 0) is 18.2 Å². The van der Waals surface area contributed by atoms with Gasteiger partial charge in [0, 0.05) is 26.6 Å². The van der Waals surface area contributed by atoms with Crippen molar-refractivity contribution >= 4 is 5.82 Å². The molecule has 0 amide bonds. The molecule has 0 radical (unpaired) electrons. The minimum absolute atomic E-state index is 0.256. The Hall–Kier alpha value is -3.12. The quantitative estimate of drug-likeness (QED) is 0.757. The predicted molar refractivity (Wildman–Crippen MR) is 110 cm³/mol. The average molecular weight is 377 g/mol. The molecule has 1 fully saturated rings. The number of aromatic nitrogens is 2. The fourth-order valence-corrected chi connectivity index (χ4v) is 3.64. The Morgan fingerprint density at radius 3 is 2.39 bits per heavy atom. The molecule has 0 saturated carbocycles. The molecule has 6 nitrogen and oxygen atoms in total. The summed E-state index contributed by atoms with van der Waals surface area (Å²) in [6.07, 6.45) is 0.446. The SMILES string of the molecule is Cn1c(=O)[nH]c(N2CCOCC2)c(Cc2ccccc2-c2ccccc2)c1=O. The highest BCUT2D eigenvalue weighted by atomic mass is 16.5. The Kier molecular flexibility index (Phi) is 5.12. The molecule has 28 heavy (non-hydrogen) atoms. The summed E-state index contributed by atoms with van der Waals surface area (Å²) >= 11 is 0. The molecule has 1 aliphatic rings. The number of rotatable bonds is 4. The lowest BCUT2D eigenvalue weighted by molar-refractivity contribution is 0.122. The van der Waals surface area contributed by atoms with E-state index in [1.807, 2.05) is 41.3 Å². The highest BCUT2D eigenvalue weighted by molar-refractivity contribution is 5.68. The van der Waals surface area contributed by atoms with Crippen LogP contribution in [0.15, 0.2) is 64.2 Å². The first-order valence-electron chi connectivity index (χ1n) is 9.43. The zero-order valence-electron chi connectivity index (χ0n) is 15.9. The molecule has 1 N–H and O–H groups in total. The maximum Gasteiger partial charge on any atom is 0.329 e. The number of ether oxygens (including phenoxy) is 1. The van der Waals surface area contributed by atoms with Gasteiger partial charge in [0.15, 0.2) is 0 Å². The Balaban J connectivity index is 1.82. The van der Waals surface area contributed by atoms with E-state index in [0.29, 0.717) is 44.1 Å². The molecule has 1 aromatic heterocycles. The molecule has 0 atom stereocenters. The molecule has 2 heterocycles. The lowest BCUT2D eigenvalue weighted by Gasteiger charge is -2.30. The highest BCUT2D eigenvalue weighted by Crippen LogP contribution is 2.27. The third-order valence-corrected chi connectivity index (χ3v) is 5.18. The number of hydrogen-bond donors (Lipinski definition) is 1. The van der Waals surface area contributed by atoms with Crippen LogP contribution >= 0.6 is 0 Å². The van der Waals surface area contributed by atoms with Gasteiger partial charge in [0.05, 0.1) is 18.8 Å². The van der Waals surface area contributed by atoms with Crippen molar-refractivity contribution in [2.75, 3.05) is 31.2 Å². The van der Waals surface area contributed by atoms with Gasteiger partial charge in [-0.1, -0.05) is 54.6 Å². The minimum Gasteiger partial charge on any atom is -0.378 e. The van der Waals surface area contributed by atoms with E-state index in [2.05, 4.69) is 23.2 Å². The Labute approximate surface area is 163 Å². The molecular weight excluding hydrogens is 354 g/mol. The van der Waals surface area contributed by atoms with Crippen LogP contribution in [0.1, 0.15) is 11.1 Å². The van der Waals surface area contributed by atoms with Gasteiger partial charge in [0.2, 0.25) is 0 Å². The number of benzene rings is 2. The Morgan fingerprint density at radius 1 is 0.964 bits per heavy atom. The van der Waals surface area contributed by atoms with Crippen LogP contribution in [0, 0.1) is 0 Å². The maximum atomic E-state index is 13.0. The number of morpholine rings is 1. The van der Waals surface area contributed by atoms with E-state index in [9.17, 15) is 9.59 Å². The summed E-state index contributed by atoms with van der Waals surface area (Å²) in [6.45, 7) is 2.46. The molecule has 6 heteroatoms. The van der Waals surface area contributed by atoms with Crippen molar-refractivity contribution in [3.8, 4) is 11.1 Å². The van der Waals surface area contributed by atoms with Gasteiger partial charge in [-0.3, -0.25) is 14.3 Å². The molecule has 144 valence electrons. The summed E-state index contributed by atoms with van der Waals surface area (Å²) in [5, 5.41) is 0. The first kappa shape index (κ1) is 18.3. The molecule has 0 bridgehead atoms. The van der Waals surface area contributed by atoms with E-state index in [4.69, 9.17) is 4.74 Å². The predicted octanol–water partition coefficient (Wildman–Crippen LogP) is 2.17. The second kappa shape index (κ2) is 7.86. The van der Waals surface area contributed by atoms with Crippen molar-refractivity contribution < 1.29 is 4.74 Å². The van der Waals surface area contributed by atoms with E-state index in [0.717, 1.165) is 21.3 Å². The topological polar surface area (TPSA) is 67.3 Å². The molecule has 4 rings (SSSR count). The third-order valence-electron chi connectivity index (χ3n) is 5.18. The van der Waals surface area contributed by atoms with Crippen molar-refractivity contribution in [2.45, 2.75) is 6.42 Å². The summed E-state index contributed by atoms with van der Waals surface area (Å²) < 4.78 is 6.57. The fourth-order valence-electron chi connectivity index (χ4n) is 3.64. The molecular formula is C22H23N3O3. The summed E-state index contributed by atoms with van der Waals surface area (Å²) in [5.74, 6) is 0.610. The average Bonchev–Trinajstić information content (AvgIpc) is 2.75. The van der Waals surface area contributed by atoms with Crippen molar-refractivity contribution in [3.63, 3.8) is 0 Å². The standard InChI is InChI=1S/C22H23N3O3/c1-24-21(26)19(20(23-22(24)27)25-11-13-28-14-12-25)15-17-9-5-6-10-18(17)16-7-3-2-4-8-16/h2-10H,11-15H2,1H3,(H,23,27). The maximum absolute atomic E-state index is 13.0. The molecule has 1 aliphatic heterocycles. The van der Waals surface area contributed by atoms with Crippen LogP contribution in [0.4, 0.5) is 5.82 Å². The van der Waals surface area contributed by atoms with Gasteiger partial charge in [0.1, 0.15) is 5.82 Å². The number of nitrogens with zero attached hydrogens (tertiary/aromatic N) is 2. The zero-order chi connectivity index (χ0) is 19.5. The van der Waals surface area contributed by atoms with Crippen molar-refractivity contribution in [1.82, 2.24) is 9.55 Å². The van der Waals surface area contributed by atoms with E-state index in [1.54, 1.807) is 0 Å². The largest absolute Gasteiger partial charge is 0.378 e. The van der Waals surface area contributed by atoms with Crippen LogP contribution in [0.5, 0.6) is 0 Å². The van der Waals surface area contributed by atoms with Crippen molar-refractivity contribution in [3.05, 3.63) is 86.6 Å². The van der Waals surface area contributed by atoms with E-state index >= 15 is 0 Å². The Bertz CT molecular complexity index is 1080. The summed E-state index contributed by atoms with van der Waals surface area (Å²) in [7, 11) is 1.51. The number of aromatic amines is 1. The number of nitrogens with one attached hydrogen (secondary N) is 1. The van der Waals surface area contributed by atoms with Crippen molar-refractivity contribution in [2.24, 2.45) is 7.05 Å². The van der Waals surface area contributed by atoms with E-state index in [1.165, 1.54) is 7.05 Å². The first-order chi connectivity index (χ1) is 13.6. The van der Waals surface area contributed by atoms with Gasteiger partial charge in [-0.25, -0.2) is 4.79 Å². The fraction of sp³-hybridized carbons (Fsp3) is 0.273. The van der Waals surface area contributed by atoms with Gasteiger partial charge in [0.25, 0.3) is 5.56 Å². The molecule has 0 aliphatic carbocycles. The van der Waals surface area contributed by atoms with Crippen molar-refractivity contribution in [1.29, 1.82) is 0 Å². The van der Waals surface area contributed by atoms with Gasteiger partial charge in [-0.15, -0.1) is 0 Å². The lowest BCUT2D eigenvalue weighted by atomic mass is 9.95. The Morgan fingerprint density at radius 2 is 1.64 bits per heavy atom. The third kappa shape index (κ3) is 3.51. The van der Waals surface area contributed by atoms with Gasteiger partial charge >= 0.3 is 5.69 Å². The van der Waals surface area contributed by atoms with Crippen LogP contribution < -0.4 is 16.1 Å². The molecule has 3 aromatic rings. The number of anilines is 1. The second-order valence-electron chi connectivity index (χ2n) is 6.92. The van der Waals surface area contributed by atoms with Crippen LogP contribution in [0.25, 0.3) is 11.1 Å². The van der Waals surface area contributed by atoms with Gasteiger partial charge in [-0.2, -0.15) is 0 Å². The number of hydrogen-bond acceptors (Lipinski definition) is 4. The first-order valence-corrected chi connectivity index (χ1v) is 9.43. The molecule has 1 saturated heterocycles. The minimum atomic E-state index is -0.397. The van der Waals surface area contributed by atoms with Crippen LogP contribution in [-0.4, -0.2) is 35.9 Å². The molecule has 0 spiro atoms. The van der Waals surface area contributed by atoms with Gasteiger partial charge < -0.3 is 9.64 Å². The number of H-pyrrole nitrogens is 1. The lowest BCUT2D eigenvalue weighted by Crippen LogP contribution is -2.43.